The van der Waals surface area contributed by atoms with Gasteiger partial charge in [0.1, 0.15) is 0 Å². The minimum Gasteiger partial charge on any atom is -0.397 e. The third kappa shape index (κ3) is 4.26. The molecule has 0 aromatic carbocycles. The first kappa shape index (κ1) is 12.4. The molecule has 0 bridgehead atoms. The minimum atomic E-state index is 0.514. The van der Waals surface area contributed by atoms with Crippen molar-refractivity contribution < 1.29 is 0 Å². The fourth-order valence-electron chi connectivity index (χ4n) is 1.22. The highest BCUT2D eigenvalue weighted by atomic mass is 14.7. The van der Waals surface area contributed by atoms with Gasteiger partial charge in [0, 0.05) is 12.4 Å². The number of rotatable bonds is 2. The van der Waals surface area contributed by atoms with Gasteiger partial charge in [0.25, 0.3) is 0 Å². The molecule has 1 aromatic heterocycles. The first-order valence-electron chi connectivity index (χ1n) is 5.52. The van der Waals surface area contributed by atoms with Crippen LogP contribution in [0.4, 0.5) is 0 Å². The number of nitrogens with one attached hydrogen (secondary N) is 1. The Hall–Kier alpha value is -1.64. The summed E-state index contributed by atoms with van der Waals surface area (Å²) in [5.41, 5.74) is 6.77. The van der Waals surface area contributed by atoms with E-state index in [0.717, 1.165) is 18.1 Å². The number of hydrogen-bond donors (Lipinski definition) is 2. The van der Waals surface area contributed by atoms with Crippen molar-refractivity contribution in [1.82, 2.24) is 4.98 Å². The maximum atomic E-state index is 6.77. The van der Waals surface area contributed by atoms with Gasteiger partial charge in [0.2, 0.25) is 0 Å². The third-order valence-electron chi connectivity index (χ3n) is 2.74. The second-order valence-electron chi connectivity index (χ2n) is 4.19. The Balaban J connectivity index is 0.000000212. The number of hydrogen-bond acceptors (Lipinski definition) is 3. The number of nitrogens with zero attached hydrogens (tertiary/aromatic N) is 1. The second-order valence-corrected chi connectivity index (χ2v) is 4.19. The van der Waals surface area contributed by atoms with Crippen LogP contribution in [0.15, 0.2) is 30.5 Å². The van der Waals surface area contributed by atoms with Crippen molar-refractivity contribution >= 4 is 11.9 Å². The number of allylic oxidation sites excluding steroid dienone is 1. The molecule has 0 amide bonds. The largest absolute Gasteiger partial charge is 0.397 e. The van der Waals surface area contributed by atoms with Crippen LogP contribution in [0.2, 0.25) is 0 Å². The van der Waals surface area contributed by atoms with Gasteiger partial charge in [0.05, 0.1) is 11.4 Å². The Labute approximate surface area is 96.9 Å². The minimum absolute atomic E-state index is 0.514. The van der Waals surface area contributed by atoms with Gasteiger partial charge in [-0.05, 0) is 36.5 Å². The molecule has 86 valence electrons. The molecule has 1 aliphatic carbocycles. The van der Waals surface area contributed by atoms with Crippen molar-refractivity contribution in [2.45, 2.75) is 20.3 Å². The smallest absolute Gasteiger partial charge is 0.0859 e. The molecular weight excluding hydrogens is 198 g/mol. The fourth-order valence-corrected chi connectivity index (χ4v) is 1.22. The summed E-state index contributed by atoms with van der Waals surface area (Å²) in [4.78, 5) is 4.00. The molecule has 2 atom stereocenters. The molecule has 0 radical (unpaired) electrons. The number of nitrogens with two attached hydrogens (primary N) is 1. The van der Waals surface area contributed by atoms with Crippen LogP contribution < -0.4 is 5.73 Å². The number of aromatic nitrogens is 1. The summed E-state index contributed by atoms with van der Waals surface area (Å²) in [6, 6.07) is 5.48. The molecule has 1 saturated carbocycles. The molecule has 1 heterocycles. The molecule has 1 aromatic rings. The van der Waals surface area contributed by atoms with Crippen molar-refractivity contribution in [2.75, 3.05) is 0 Å². The fraction of sp³-hybridized carbons (Fsp3) is 0.385. The average Bonchev–Trinajstić information content (AvgIpc) is 2.94. The topological polar surface area (TPSA) is 62.8 Å². The lowest BCUT2D eigenvalue weighted by Crippen LogP contribution is -1.98. The zero-order valence-corrected chi connectivity index (χ0v) is 9.85. The Kier molecular flexibility index (Phi) is 4.70. The molecule has 1 aliphatic rings. The first-order chi connectivity index (χ1) is 7.65. The highest BCUT2D eigenvalue weighted by molar-refractivity contribution is 5.80. The molecule has 0 saturated heterocycles. The van der Waals surface area contributed by atoms with Crippen molar-refractivity contribution in [1.29, 1.82) is 5.41 Å². The standard InChI is InChI=1S/C8H9N3.C5H10/c9-5-4-7(10)8-3-1-2-6-11-8;1-4-3-5(4)2/h1-6,9H,10H2;4-5H,3H2,1-2H3/b7-4-,9-5?;/t;4-,5?/m.0/s1. The molecule has 1 unspecified atom stereocenters. The average molecular weight is 217 g/mol. The van der Waals surface area contributed by atoms with Crippen molar-refractivity contribution in [3.8, 4) is 0 Å². The Morgan fingerprint density at radius 2 is 2.06 bits per heavy atom. The lowest BCUT2D eigenvalue weighted by Gasteiger charge is -1.96. The van der Waals surface area contributed by atoms with E-state index >= 15 is 0 Å². The SMILES string of the molecule is CC1C[C@@H]1C.N=C/C=C(\N)c1ccccn1. The quantitative estimate of drug-likeness (QED) is 0.748. The zero-order valence-electron chi connectivity index (χ0n) is 9.85. The van der Waals surface area contributed by atoms with Crippen LogP contribution >= 0.6 is 0 Å². The summed E-state index contributed by atoms with van der Waals surface area (Å²) in [5, 5.41) is 6.77. The molecular formula is C13H19N3. The predicted molar refractivity (Wildman–Crippen MR) is 68.1 cm³/mol. The summed E-state index contributed by atoms with van der Waals surface area (Å²) in [6.07, 6.45) is 5.78. The van der Waals surface area contributed by atoms with Crippen molar-refractivity contribution in [2.24, 2.45) is 17.6 Å². The van der Waals surface area contributed by atoms with Crippen LogP contribution in [0.3, 0.4) is 0 Å². The predicted octanol–water partition coefficient (Wildman–Crippen LogP) is 2.69. The maximum absolute atomic E-state index is 6.77. The normalized spacial score (nSPS) is 23.0. The second kappa shape index (κ2) is 6.05. The van der Waals surface area contributed by atoms with Crippen molar-refractivity contribution in [3.63, 3.8) is 0 Å². The van der Waals surface area contributed by atoms with Crippen LogP contribution in [0.5, 0.6) is 0 Å². The summed E-state index contributed by atoms with van der Waals surface area (Å²) < 4.78 is 0. The van der Waals surface area contributed by atoms with E-state index in [0.29, 0.717) is 11.4 Å². The monoisotopic (exact) mass is 217 g/mol. The first-order valence-corrected chi connectivity index (χ1v) is 5.52. The van der Waals surface area contributed by atoms with Gasteiger partial charge in [0.15, 0.2) is 0 Å². The molecule has 3 heteroatoms. The van der Waals surface area contributed by atoms with E-state index < -0.39 is 0 Å². The molecule has 2 rings (SSSR count). The molecule has 0 spiro atoms. The van der Waals surface area contributed by atoms with Gasteiger partial charge < -0.3 is 11.1 Å². The van der Waals surface area contributed by atoms with Crippen LogP contribution in [0.1, 0.15) is 26.0 Å². The molecule has 16 heavy (non-hydrogen) atoms. The van der Waals surface area contributed by atoms with E-state index in [1.165, 1.54) is 12.5 Å². The van der Waals surface area contributed by atoms with Gasteiger partial charge in [-0.25, -0.2) is 0 Å². The van der Waals surface area contributed by atoms with E-state index in [1.54, 1.807) is 12.3 Å². The van der Waals surface area contributed by atoms with E-state index in [2.05, 4.69) is 18.8 Å². The summed E-state index contributed by atoms with van der Waals surface area (Å²) in [6.45, 7) is 4.59. The summed E-state index contributed by atoms with van der Waals surface area (Å²) in [5.74, 6) is 2.10. The van der Waals surface area contributed by atoms with Crippen LogP contribution in [-0.2, 0) is 0 Å². The van der Waals surface area contributed by atoms with Crippen LogP contribution in [0.25, 0.3) is 5.70 Å². The van der Waals surface area contributed by atoms with Gasteiger partial charge >= 0.3 is 0 Å². The van der Waals surface area contributed by atoms with E-state index in [-0.39, 0.29) is 0 Å². The molecule has 0 aliphatic heterocycles. The highest BCUT2D eigenvalue weighted by Crippen LogP contribution is 2.36. The van der Waals surface area contributed by atoms with Crippen LogP contribution in [0, 0.1) is 17.2 Å². The number of pyridine rings is 1. The summed E-state index contributed by atoms with van der Waals surface area (Å²) >= 11 is 0. The zero-order chi connectivity index (χ0) is 12.0. The Bertz CT molecular complexity index is 351. The molecule has 3 nitrogen and oxygen atoms in total. The third-order valence-corrected chi connectivity index (χ3v) is 2.74. The van der Waals surface area contributed by atoms with Crippen LogP contribution in [-0.4, -0.2) is 11.2 Å². The molecule has 1 fully saturated rings. The van der Waals surface area contributed by atoms with E-state index in [4.69, 9.17) is 11.1 Å². The Morgan fingerprint density at radius 1 is 1.44 bits per heavy atom. The van der Waals surface area contributed by atoms with E-state index in [9.17, 15) is 0 Å². The Morgan fingerprint density at radius 3 is 2.44 bits per heavy atom. The van der Waals surface area contributed by atoms with Gasteiger partial charge in [-0.1, -0.05) is 19.9 Å². The highest BCUT2D eigenvalue weighted by Gasteiger charge is 2.26. The summed E-state index contributed by atoms with van der Waals surface area (Å²) in [7, 11) is 0. The van der Waals surface area contributed by atoms with Crippen molar-refractivity contribution in [3.05, 3.63) is 36.2 Å². The van der Waals surface area contributed by atoms with Gasteiger partial charge in [-0.2, -0.15) is 0 Å². The lowest BCUT2D eigenvalue weighted by molar-refractivity contribution is 0.834. The lowest BCUT2D eigenvalue weighted by atomic mass is 10.3. The van der Waals surface area contributed by atoms with Gasteiger partial charge in [-0.15, -0.1) is 0 Å². The van der Waals surface area contributed by atoms with Gasteiger partial charge in [-0.3, -0.25) is 4.98 Å². The van der Waals surface area contributed by atoms with E-state index in [1.807, 2.05) is 12.1 Å². The maximum Gasteiger partial charge on any atom is 0.0859 e. The molecule has 3 N–H and O–H groups in total.